The number of amides is 1. The quantitative estimate of drug-likeness (QED) is 0.901. The molecule has 5 nitrogen and oxygen atoms in total. The first kappa shape index (κ1) is 14.8. The third kappa shape index (κ3) is 3.13. The SMILES string of the molecule is Cc1c(NC(=O)C(C)C)cccc1-c1ccc(C(=O)O)o1. The molecular formula is C16H17NO4. The van der Waals surface area contributed by atoms with Gasteiger partial charge in [-0.15, -0.1) is 0 Å². The van der Waals surface area contributed by atoms with Gasteiger partial charge in [-0.1, -0.05) is 26.0 Å². The van der Waals surface area contributed by atoms with Crippen LogP contribution in [0.25, 0.3) is 11.3 Å². The Bertz CT molecular complexity index is 685. The number of carbonyl (C=O) groups is 2. The fraction of sp³-hybridized carbons (Fsp3) is 0.250. The minimum atomic E-state index is -1.11. The molecule has 0 spiro atoms. The first-order valence-electron chi connectivity index (χ1n) is 6.64. The average Bonchev–Trinajstić information content (AvgIpc) is 2.90. The molecule has 0 aliphatic rings. The van der Waals surface area contributed by atoms with Crippen LogP contribution < -0.4 is 5.32 Å². The van der Waals surface area contributed by atoms with Crippen LogP contribution in [-0.2, 0) is 4.79 Å². The smallest absolute Gasteiger partial charge is 0.371 e. The minimum Gasteiger partial charge on any atom is -0.475 e. The van der Waals surface area contributed by atoms with E-state index >= 15 is 0 Å². The molecule has 1 aromatic carbocycles. The summed E-state index contributed by atoms with van der Waals surface area (Å²) in [5.74, 6) is -0.939. The Morgan fingerprint density at radius 3 is 2.48 bits per heavy atom. The van der Waals surface area contributed by atoms with Gasteiger partial charge >= 0.3 is 5.97 Å². The molecule has 2 N–H and O–H groups in total. The van der Waals surface area contributed by atoms with Crippen LogP contribution in [0.2, 0.25) is 0 Å². The molecule has 0 bridgehead atoms. The summed E-state index contributed by atoms with van der Waals surface area (Å²) in [5, 5.41) is 11.8. The van der Waals surface area contributed by atoms with Crippen molar-refractivity contribution in [1.29, 1.82) is 0 Å². The van der Waals surface area contributed by atoms with Gasteiger partial charge in [-0.3, -0.25) is 4.79 Å². The Hall–Kier alpha value is -2.56. The largest absolute Gasteiger partial charge is 0.475 e. The van der Waals surface area contributed by atoms with Crippen molar-refractivity contribution in [3.05, 3.63) is 41.7 Å². The lowest BCUT2D eigenvalue weighted by atomic mass is 10.0. The number of carboxylic acid groups (broad SMARTS) is 1. The van der Waals surface area contributed by atoms with Gasteiger partial charge in [0.2, 0.25) is 11.7 Å². The molecule has 21 heavy (non-hydrogen) atoms. The van der Waals surface area contributed by atoms with Gasteiger partial charge < -0.3 is 14.8 Å². The van der Waals surface area contributed by atoms with E-state index in [1.165, 1.54) is 6.07 Å². The molecule has 0 saturated carbocycles. The first-order chi connectivity index (χ1) is 9.90. The van der Waals surface area contributed by atoms with Gasteiger partial charge in [0, 0.05) is 17.2 Å². The van der Waals surface area contributed by atoms with E-state index in [4.69, 9.17) is 9.52 Å². The van der Waals surface area contributed by atoms with E-state index in [0.29, 0.717) is 11.4 Å². The zero-order valence-corrected chi connectivity index (χ0v) is 12.1. The second kappa shape index (κ2) is 5.83. The van der Waals surface area contributed by atoms with E-state index in [1.54, 1.807) is 18.2 Å². The standard InChI is InChI=1S/C16H17NO4/c1-9(2)15(18)17-12-6-4-5-11(10(12)3)13-7-8-14(21-13)16(19)20/h4-9H,1-3H3,(H,17,18)(H,19,20). The van der Waals surface area contributed by atoms with Crippen molar-refractivity contribution in [2.75, 3.05) is 5.32 Å². The van der Waals surface area contributed by atoms with Gasteiger partial charge in [-0.25, -0.2) is 4.79 Å². The third-order valence-electron chi connectivity index (χ3n) is 3.20. The molecule has 1 heterocycles. The number of aromatic carboxylic acids is 1. The average molecular weight is 287 g/mol. The minimum absolute atomic E-state index is 0.0686. The van der Waals surface area contributed by atoms with Gasteiger partial charge in [-0.2, -0.15) is 0 Å². The second-order valence-electron chi connectivity index (χ2n) is 5.09. The Balaban J connectivity index is 2.37. The highest BCUT2D eigenvalue weighted by molar-refractivity contribution is 5.94. The van der Waals surface area contributed by atoms with Crippen LogP contribution >= 0.6 is 0 Å². The molecule has 0 saturated heterocycles. The van der Waals surface area contributed by atoms with Gasteiger partial charge in [0.15, 0.2) is 0 Å². The zero-order valence-electron chi connectivity index (χ0n) is 12.1. The molecule has 0 atom stereocenters. The van der Waals surface area contributed by atoms with Gasteiger partial charge in [0.1, 0.15) is 5.76 Å². The van der Waals surface area contributed by atoms with E-state index in [0.717, 1.165) is 11.1 Å². The summed E-state index contributed by atoms with van der Waals surface area (Å²) in [6.45, 7) is 5.49. The molecule has 0 fully saturated rings. The van der Waals surface area contributed by atoms with Gasteiger partial charge in [-0.05, 0) is 30.7 Å². The maximum atomic E-state index is 11.8. The molecular weight excluding hydrogens is 270 g/mol. The molecule has 1 aromatic heterocycles. The van der Waals surface area contributed by atoms with E-state index in [-0.39, 0.29) is 17.6 Å². The Morgan fingerprint density at radius 2 is 1.90 bits per heavy atom. The normalized spacial score (nSPS) is 10.7. The van der Waals surface area contributed by atoms with E-state index in [1.807, 2.05) is 26.8 Å². The van der Waals surface area contributed by atoms with Crippen molar-refractivity contribution in [1.82, 2.24) is 0 Å². The van der Waals surface area contributed by atoms with Crippen LogP contribution in [0, 0.1) is 12.8 Å². The van der Waals surface area contributed by atoms with Gasteiger partial charge in [0.05, 0.1) is 0 Å². The fourth-order valence-electron chi connectivity index (χ4n) is 1.91. The lowest BCUT2D eigenvalue weighted by molar-refractivity contribution is -0.118. The third-order valence-corrected chi connectivity index (χ3v) is 3.20. The number of hydrogen-bond acceptors (Lipinski definition) is 3. The number of rotatable bonds is 4. The molecule has 110 valence electrons. The van der Waals surface area contributed by atoms with Crippen molar-refractivity contribution < 1.29 is 19.1 Å². The summed E-state index contributed by atoms with van der Waals surface area (Å²) >= 11 is 0. The molecule has 2 aromatic rings. The number of nitrogens with one attached hydrogen (secondary N) is 1. The number of carbonyl (C=O) groups excluding carboxylic acids is 1. The molecule has 0 radical (unpaired) electrons. The lowest BCUT2D eigenvalue weighted by Crippen LogP contribution is -2.18. The predicted octanol–water partition coefficient (Wildman–Crippen LogP) is 3.55. The van der Waals surface area contributed by atoms with Crippen LogP contribution in [0.5, 0.6) is 0 Å². The number of anilines is 1. The van der Waals surface area contributed by atoms with Crippen LogP contribution in [0.1, 0.15) is 30.0 Å². The van der Waals surface area contributed by atoms with Gasteiger partial charge in [0.25, 0.3) is 0 Å². The van der Waals surface area contributed by atoms with Crippen molar-refractivity contribution in [3.63, 3.8) is 0 Å². The summed E-state index contributed by atoms with van der Waals surface area (Å²) in [7, 11) is 0. The highest BCUT2D eigenvalue weighted by atomic mass is 16.4. The lowest BCUT2D eigenvalue weighted by Gasteiger charge is -2.12. The predicted molar refractivity (Wildman–Crippen MR) is 79.3 cm³/mol. The maximum absolute atomic E-state index is 11.8. The summed E-state index contributed by atoms with van der Waals surface area (Å²) in [4.78, 5) is 22.7. The number of hydrogen-bond donors (Lipinski definition) is 2. The topological polar surface area (TPSA) is 79.5 Å². The van der Waals surface area contributed by atoms with E-state index in [2.05, 4.69) is 5.32 Å². The molecule has 0 aliphatic carbocycles. The Kier molecular flexibility index (Phi) is 4.12. The van der Waals surface area contributed by atoms with Crippen molar-refractivity contribution >= 4 is 17.6 Å². The molecule has 0 aliphatic heterocycles. The van der Waals surface area contributed by atoms with Crippen LogP contribution in [-0.4, -0.2) is 17.0 Å². The highest BCUT2D eigenvalue weighted by Gasteiger charge is 2.15. The van der Waals surface area contributed by atoms with Crippen molar-refractivity contribution in [2.45, 2.75) is 20.8 Å². The summed E-state index contributed by atoms with van der Waals surface area (Å²) in [6.07, 6.45) is 0. The zero-order chi connectivity index (χ0) is 15.6. The summed E-state index contributed by atoms with van der Waals surface area (Å²) in [5.41, 5.74) is 2.28. The first-order valence-corrected chi connectivity index (χ1v) is 6.64. The molecule has 1 amide bonds. The summed E-state index contributed by atoms with van der Waals surface area (Å²) in [6, 6.07) is 8.45. The number of carboxylic acids is 1. The van der Waals surface area contributed by atoms with Crippen LogP contribution in [0.3, 0.4) is 0 Å². The van der Waals surface area contributed by atoms with E-state index in [9.17, 15) is 9.59 Å². The maximum Gasteiger partial charge on any atom is 0.371 e. The monoisotopic (exact) mass is 287 g/mol. The Morgan fingerprint density at radius 1 is 1.19 bits per heavy atom. The Labute approximate surface area is 122 Å². The molecule has 2 rings (SSSR count). The number of furan rings is 1. The molecule has 0 unspecified atom stereocenters. The fourth-order valence-corrected chi connectivity index (χ4v) is 1.91. The van der Waals surface area contributed by atoms with Crippen LogP contribution in [0.4, 0.5) is 5.69 Å². The number of benzene rings is 1. The summed E-state index contributed by atoms with van der Waals surface area (Å²) < 4.78 is 5.31. The second-order valence-corrected chi connectivity index (χ2v) is 5.09. The van der Waals surface area contributed by atoms with Crippen LogP contribution in [0.15, 0.2) is 34.7 Å². The highest BCUT2D eigenvalue weighted by Crippen LogP contribution is 2.30. The van der Waals surface area contributed by atoms with Crippen molar-refractivity contribution in [3.8, 4) is 11.3 Å². The van der Waals surface area contributed by atoms with Crippen molar-refractivity contribution in [2.24, 2.45) is 5.92 Å². The van der Waals surface area contributed by atoms with E-state index < -0.39 is 5.97 Å². The molecule has 5 heteroatoms.